The molecule has 0 saturated carbocycles. The lowest BCUT2D eigenvalue weighted by atomic mass is 10.2. The Bertz CT molecular complexity index is 433. The van der Waals surface area contributed by atoms with E-state index in [4.69, 9.17) is 0 Å². The van der Waals surface area contributed by atoms with Crippen molar-refractivity contribution in [3.8, 4) is 11.5 Å². The number of hydrogen-bond donors (Lipinski definition) is 3. The summed E-state index contributed by atoms with van der Waals surface area (Å²) in [5.41, 5.74) is 0.0302. The Hall–Kier alpha value is -1.56. The molecular weight excluding hydrogens is 242 g/mol. The SMILES string of the molecule is CS(=O)CCCNC(=O)c1cc(O)ccc1O. The molecule has 17 heavy (non-hydrogen) atoms. The summed E-state index contributed by atoms with van der Waals surface area (Å²) in [5, 5.41) is 21.2. The van der Waals surface area contributed by atoms with Crippen molar-refractivity contribution < 1.29 is 19.2 Å². The van der Waals surface area contributed by atoms with E-state index in [1.165, 1.54) is 18.2 Å². The molecule has 3 N–H and O–H groups in total. The average molecular weight is 257 g/mol. The summed E-state index contributed by atoms with van der Waals surface area (Å²) >= 11 is 0. The number of rotatable bonds is 5. The van der Waals surface area contributed by atoms with Gasteiger partial charge in [-0.05, 0) is 24.6 Å². The molecular formula is C11H15NO4S. The second-order valence-corrected chi connectivity index (χ2v) is 5.14. The van der Waals surface area contributed by atoms with Gasteiger partial charge in [0.05, 0.1) is 5.56 Å². The van der Waals surface area contributed by atoms with Crippen LogP contribution in [0.25, 0.3) is 0 Å². The Balaban J connectivity index is 2.52. The Labute approximate surface area is 102 Å². The molecule has 1 unspecified atom stereocenters. The monoisotopic (exact) mass is 257 g/mol. The van der Waals surface area contributed by atoms with E-state index in [1.54, 1.807) is 6.26 Å². The van der Waals surface area contributed by atoms with Gasteiger partial charge in [-0.1, -0.05) is 0 Å². The van der Waals surface area contributed by atoms with Crippen molar-refractivity contribution in [2.24, 2.45) is 0 Å². The number of aromatic hydroxyl groups is 2. The summed E-state index contributed by atoms with van der Waals surface area (Å²) in [4.78, 5) is 11.6. The first kappa shape index (κ1) is 13.5. The van der Waals surface area contributed by atoms with Gasteiger partial charge in [0.15, 0.2) is 0 Å². The van der Waals surface area contributed by atoms with Crippen LogP contribution in [-0.2, 0) is 10.8 Å². The zero-order valence-electron chi connectivity index (χ0n) is 9.47. The van der Waals surface area contributed by atoms with Crippen LogP contribution in [0.4, 0.5) is 0 Å². The lowest BCUT2D eigenvalue weighted by Gasteiger charge is -2.06. The van der Waals surface area contributed by atoms with Crippen molar-refractivity contribution in [1.29, 1.82) is 0 Å². The van der Waals surface area contributed by atoms with E-state index in [2.05, 4.69) is 5.32 Å². The second kappa shape index (κ2) is 6.24. The van der Waals surface area contributed by atoms with Gasteiger partial charge in [0.25, 0.3) is 5.91 Å². The molecule has 1 atom stereocenters. The third-order valence-corrected chi connectivity index (χ3v) is 2.98. The lowest BCUT2D eigenvalue weighted by Crippen LogP contribution is -2.25. The van der Waals surface area contributed by atoms with Crippen molar-refractivity contribution in [3.05, 3.63) is 23.8 Å². The fourth-order valence-corrected chi connectivity index (χ4v) is 1.83. The van der Waals surface area contributed by atoms with Gasteiger partial charge in [-0.2, -0.15) is 0 Å². The lowest BCUT2D eigenvalue weighted by molar-refractivity contribution is 0.0950. The number of phenolic OH excluding ortho intramolecular Hbond substituents is 2. The van der Waals surface area contributed by atoms with Gasteiger partial charge in [-0.3, -0.25) is 9.00 Å². The second-order valence-electron chi connectivity index (χ2n) is 3.59. The number of carbonyl (C=O) groups is 1. The molecule has 0 saturated heterocycles. The molecule has 1 amide bonds. The summed E-state index contributed by atoms with van der Waals surface area (Å²) in [6.45, 7) is 0.382. The number of carbonyl (C=O) groups excluding carboxylic acids is 1. The number of nitrogens with one attached hydrogen (secondary N) is 1. The highest BCUT2D eigenvalue weighted by atomic mass is 32.2. The summed E-state index contributed by atoms with van der Waals surface area (Å²) in [7, 11) is -0.874. The van der Waals surface area contributed by atoms with Crippen molar-refractivity contribution in [2.45, 2.75) is 6.42 Å². The van der Waals surface area contributed by atoms with E-state index >= 15 is 0 Å². The van der Waals surface area contributed by atoms with Crippen LogP contribution >= 0.6 is 0 Å². The maximum absolute atomic E-state index is 11.6. The molecule has 1 aromatic rings. The fourth-order valence-electron chi connectivity index (χ4n) is 1.28. The van der Waals surface area contributed by atoms with E-state index in [0.29, 0.717) is 18.7 Å². The predicted molar refractivity (Wildman–Crippen MR) is 65.7 cm³/mol. The highest BCUT2D eigenvalue weighted by molar-refractivity contribution is 7.84. The first-order valence-corrected chi connectivity index (χ1v) is 6.83. The first-order valence-electron chi connectivity index (χ1n) is 5.11. The van der Waals surface area contributed by atoms with Crippen LogP contribution in [0.1, 0.15) is 16.8 Å². The normalized spacial score (nSPS) is 12.1. The molecule has 0 aliphatic heterocycles. The van der Waals surface area contributed by atoms with E-state index in [0.717, 1.165) is 0 Å². The number of hydrogen-bond acceptors (Lipinski definition) is 4. The molecule has 0 heterocycles. The van der Waals surface area contributed by atoms with E-state index in [1.807, 2.05) is 0 Å². The maximum Gasteiger partial charge on any atom is 0.255 e. The number of benzene rings is 1. The van der Waals surface area contributed by atoms with Crippen LogP contribution in [0.2, 0.25) is 0 Å². The zero-order chi connectivity index (χ0) is 12.8. The van der Waals surface area contributed by atoms with Crippen molar-refractivity contribution in [1.82, 2.24) is 5.32 Å². The summed E-state index contributed by atoms with van der Waals surface area (Å²) < 4.78 is 10.8. The highest BCUT2D eigenvalue weighted by Crippen LogP contribution is 2.21. The van der Waals surface area contributed by atoms with Gasteiger partial charge in [-0.25, -0.2) is 0 Å². The largest absolute Gasteiger partial charge is 0.508 e. The molecule has 0 radical (unpaired) electrons. The van der Waals surface area contributed by atoms with Crippen LogP contribution in [0.15, 0.2) is 18.2 Å². The Morgan fingerprint density at radius 2 is 2.12 bits per heavy atom. The standard InChI is InChI=1S/C11H15NO4S/c1-17(16)6-2-5-12-11(15)9-7-8(13)3-4-10(9)14/h3-4,7,13-14H,2,5-6H2,1H3,(H,12,15). The van der Waals surface area contributed by atoms with Crippen molar-refractivity contribution in [2.75, 3.05) is 18.6 Å². The highest BCUT2D eigenvalue weighted by Gasteiger charge is 2.11. The Kier molecular flexibility index (Phi) is 4.96. The van der Waals surface area contributed by atoms with Gasteiger partial charge in [-0.15, -0.1) is 0 Å². The van der Waals surface area contributed by atoms with Gasteiger partial charge >= 0.3 is 0 Å². The van der Waals surface area contributed by atoms with Crippen LogP contribution in [0.3, 0.4) is 0 Å². The molecule has 0 bridgehead atoms. The van der Waals surface area contributed by atoms with Crippen molar-refractivity contribution >= 4 is 16.7 Å². The topological polar surface area (TPSA) is 86.6 Å². The molecule has 94 valence electrons. The van der Waals surface area contributed by atoms with Crippen molar-refractivity contribution in [3.63, 3.8) is 0 Å². The minimum atomic E-state index is -0.874. The zero-order valence-corrected chi connectivity index (χ0v) is 10.3. The van der Waals surface area contributed by atoms with Gasteiger partial charge in [0.2, 0.25) is 0 Å². The Morgan fingerprint density at radius 3 is 2.76 bits per heavy atom. The minimum absolute atomic E-state index is 0.0302. The van der Waals surface area contributed by atoms with Crippen LogP contribution in [0.5, 0.6) is 11.5 Å². The van der Waals surface area contributed by atoms with E-state index in [-0.39, 0.29) is 17.1 Å². The third kappa shape index (κ3) is 4.44. The minimum Gasteiger partial charge on any atom is -0.508 e. The van der Waals surface area contributed by atoms with E-state index in [9.17, 15) is 19.2 Å². The summed E-state index contributed by atoms with van der Waals surface area (Å²) in [6.07, 6.45) is 2.21. The first-order chi connectivity index (χ1) is 8.00. The molecule has 1 aromatic carbocycles. The van der Waals surface area contributed by atoms with E-state index < -0.39 is 16.7 Å². The van der Waals surface area contributed by atoms with Gasteiger partial charge < -0.3 is 15.5 Å². The molecule has 0 spiro atoms. The smallest absolute Gasteiger partial charge is 0.255 e. The summed E-state index contributed by atoms with van der Waals surface area (Å²) in [5.74, 6) is -0.200. The predicted octanol–water partition coefficient (Wildman–Crippen LogP) is 0.596. The van der Waals surface area contributed by atoms with Crippen LogP contribution < -0.4 is 5.32 Å². The quantitative estimate of drug-likeness (QED) is 0.532. The summed E-state index contributed by atoms with van der Waals surface area (Å²) in [6, 6.07) is 3.75. The molecule has 1 rings (SSSR count). The molecule has 0 aromatic heterocycles. The van der Waals surface area contributed by atoms with Crippen LogP contribution in [0, 0.1) is 0 Å². The van der Waals surface area contributed by atoms with Gasteiger partial charge in [0, 0.05) is 29.4 Å². The maximum atomic E-state index is 11.6. The van der Waals surface area contributed by atoms with Gasteiger partial charge in [0.1, 0.15) is 11.5 Å². The molecule has 0 fully saturated rings. The molecule has 0 aliphatic rings. The average Bonchev–Trinajstić information content (AvgIpc) is 2.27. The molecule has 5 nitrogen and oxygen atoms in total. The molecule has 0 aliphatic carbocycles. The van der Waals surface area contributed by atoms with Crippen LogP contribution in [-0.4, -0.2) is 38.9 Å². The Morgan fingerprint density at radius 1 is 1.41 bits per heavy atom. The third-order valence-electron chi connectivity index (χ3n) is 2.12. The molecule has 6 heteroatoms. The fraction of sp³-hybridized carbons (Fsp3) is 0.364. The number of phenols is 2. The number of amides is 1.